The summed E-state index contributed by atoms with van der Waals surface area (Å²) in [6, 6.07) is 7.72. The summed E-state index contributed by atoms with van der Waals surface area (Å²) in [5.41, 5.74) is 0.952. The predicted molar refractivity (Wildman–Crippen MR) is 87.8 cm³/mol. The minimum atomic E-state index is -0.548. The van der Waals surface area contributed by atoms with Gasteiger partial charge < -0.3 is 10.1 Å². The number of benzene rings is 1. The molecule has 0 aliphatic rings. The van der Waals surface area contributed by atoms with Crippen LogP contribution in [0.15, 0.2) is 36.7 Å². The minimum Gasteiger partial charge on any atom is -0.491 e. The van der Waals surface area contributed by atoms with Gasteiger partial charge in [0.15, 0.2) is 0 Å². The van der Waals surface area contributed by atoms with Gasteiger partial charge in [-0.2, -0.15) is 5.10 Å². The quantitative estimate of drug-likeness (QED) is 0.588. The zero-order chi connectivity index (χ0) is 17.5. The molecule has 0 aliphatic carbocycles. The molecule has 0 bridgehead atoms. The number of aromatic nitrogens is 2. The van der Waals surface area contributed by atoms with E-state index in [2.05, 4.69) is 10.4 Å². The molecular formula is C16H20N4O4. The van der Waals surface area contributed by atoms with E-state index in [1.165, 1.54) is 10.9 Å². The Hall–Kier alpha value is -2.90. The Morgan fingerprint density at radius 3 is 2.67 bits per heavy atom. The number of nitrogens with zero attached hydrogens (tertiary/aromatic N) is 3. The molecule has 1 N–H and O–H groups in total. The summed E-state index contributed by atoms with van der Waals surface area (Å²) >= 11 is 0. The van der Waals surface area contributed by atoms with Crippen molar-refractivity contribution in [3.05, 3.63) is 52.3 Å². The fraction of sp³-hybridized carbons (Fsp3) is 0.375. The number of carbonyl (C=O) groups is 1. The first kappa shape index (κ1) is 17.5. The molecule has 1 amide bonds. The molecule has 1 aromatic carbocycles. The number of carbonyl (C=O) groups excluding carboxylic acids is 1. The molecule has 0 radical (unpaired) electrons. The molecule has 0 fully saturated rings. The number of hydrogen-bond donors (Lipinski definition) is 1. The van der Waals surface area contributed by atoms with E-state index < -0.39 is 4.92 Å². The van der Waals surface area contributed by atoms with E-state index in [1.54, 1.807) is 0 Å². The lowest BCUT2D eigenvalue weighted by Gasteiger charge is -2.10. The van der Waals surface area contributed by atoms with E-state index in [-0.39, 0.29) is 24.2 Å². The molecule has 0 atom stereocenters. The molecule has 8 nitrogen and oxygen atoms in total. The Kier molecular flexibility index (Phi) is 5.89. The summed E-state index contributed by atoms with van der Waals surface area (Å²) in [6.07, 6.45) is 3.17. The molecule has 0 unspecified atom stereocenters. The van der Waals surface area contributed by atoms with Crippen molar-refractivity contribution in [3.63, 3.8) is 0 Å². The van der Waals surface area contributed by atoms with Crippen LogP contribution in [0.5, 0.6) is 5.75 Å². The van der Waals surface area contributed by atoms with Gasteiger partial charge in [0.1, 0.15) is 24.7 Å². The van der Waals surface area contributed by atoms with Crippen molar-refractivity contribution in [1.82, 2.24) is 15.1 Å². The average Bonchev–Trinajstić information content (AvgIpc) is 2.97. The lowest BCUT2D eigenvalue weighted by molar-refractivity contribution is -0.385. The molecule has 2 rings (SSSR count). The van der Waals surface area contributed by atoms with Crippen molar-refractivity contribution >= 4 is 11.6 Å². The molecular weight excluding hydrogens is 312 g/mol. The molecule has 0 aliphatic heterocycles. The van der Waals surface area contributed by atoms with Crippen molar-refractivity contribution in [2.75, 3.05) is 6.54 Å². The van der Waals surface area contributed by atoms with Crippen LogP contribution in [0.2, 0.25) is 0 Å². The van der Waals surface area contributed by atoms with Gasteiger partial charge in [0.25, 0.3) is 0 Å². The van der Waals surface area contributed by atoms with Gasteiger partial charge in [-0.15, -0.1) is 0 Å². The Balaban J connectivity index is 1.74. The summed E-state index contributed by atoms with van der Waals surface area (Å²) < 4.78 is 6.81. The number of amides is 1. The van der Waals surface area contributed by atoms with Crippen LogP contribution in [0.25, 0.3) is 0 Å². The lowest BCUT2D eigenvalue weighted by atomic mass is 10.1. The van der Waals surface area contributed by atoms with Gasteiger partial charge in [-0.1, -0.05) is 12.1 Å². The van der Waals surface area contributed by atoms with Crippen LogP contribution >= 0.6 is 0 Å². The standard InChI is InChI=1S/C16H20N4O4/c1-12(2)24-15-5-3-13(4-6-15)7-8-17-16(21)11-19-10-14(9-18-19)20(22)23/h3-6,9-10,12H,7-8,11H2,1-2H3,(H,17,21). The average molecular weight is 332 g/mol. The normalized spacial score (nSPS) is 10.6. The minimum absolute atomic E-state index is 0.0466. The largest absolute Gasteiger partial charge is 0.491 e. The van der Waals surface area contributed by atoms with Gasteiger partial charge in [0, 0.05) is 6.54 Å². The highest BCUT2D eigenvalue weighted by Crippen LogP contribution is 2.14. The first-order valence-corrected chi connectivity index (χ1v) is 7.63. The van der Waals surface area contributed by atoms with Crippen LogP contribution in [0, 0.1) is 10.1 Å². The smallest absolute Gasteiger partial charge is 0.307 e. The monoisotopic (exact) mass is 332 g/mol. The van der Waals surface area contributed by atoms with Crippen molar-refractivity contribution in [2.45, 2.75) is 32.9 Å². The predicted octanol–water partition coefficient (Wildman–Crippen LogP) is 1.94. The summed E-state index contributed by atoms with van der Waals surface area (Å²) in [5.74, 6) is 0.575. The molecule has 8 heteroatoms. The fourth-order valence-corrected chi connectivity index (χ4v) is 2.09. The van der Waals surface area contributed by atoms with Crippen molar-refractivity contribution in [2.24, 2.45) is 0 Å². The maximum absolute atomic E-state index is 11.8. The van der Waals surface area contributed by atoms with Crippen LogP contribution in [0.1, 0.15) is 19.4 Å². The Morgan fingerprint density at radius 1 is 1.38 bits per heavy atom. The summed E-state index contributed by atoms with van der Waals surface area (Å²) in [4.78, 5) is 21.8. The lowest BCUT2D eigenvalue weighted by Crippen LogP contribution is -2.29. The summed E-state index contributed by atoms with van der Waals surface area (Å²) in [6.45, 7) is 4.37. The Morgan fingerprint density at radius 2 is 2.08 bits per heavy atom. The number of ether oxygens (including phenoxy) is 1. The summed E-state index contributed by atoms with van der Waals surface area (Å²) in [7, 11) is 0. The highest BCUT2D eigenvalue weighted by Gasteiger charge is 2.10. The first-order valence-electron chi connectivity index (χ1n) is 7.63. The molecule has 2 aromatic rings. The van der Waals surface area contributed by atoms with Gasteiger partial charge in [0.2, 0.25) is 5.91 Å². The third-order valence-electron chi connectivity index (χ3n) is 3.17. The van der Waals surface area contributed by atoms with Crippen LogP contribution < -0.4 is 10.1 Å². The van der Waals surface area contributed by atoms with Crippen molar-refractivity contribution in [3.8, 4) is 5.75 Å². The molecule has 1 aromatic heterocycles. The first-order chi connectivity index (χ1) is 11.4. The Bertz CT molecular complexity index is 694. The van der Waals surface area contributed by atoms with E-state index in [0.717, 1.165) is 17.5 Å². The highest BCUT2D eigenvalue weighted by molar-refractivity contribution is 5.75. The van der Waals surface area contributed by atoms with E-state index in [0.29, 0.717) is 13.0 Å². The topological polar surface area (TPSA) is 99.3 Å². The van der Waals surface area contributed by atoms with E-state index in [1.807, 2.05) is 38.1 Å². The molecule has 0 saturated carbocycles. The van der Waals surface area contributed by atoms with Crippen LogP contribution in [0.4, 0.5) is 5.69 Å². The molecule has 0 saturated heterocycles. The SMILES string of the molecule is CC(C)Oc1ccc(CCNC(=O)Cn2cc([N+](=O)[O-])cn2)cc1. The number of hydrogen-bond acceptors (Lipinski definition) is 5. The van der Waals surface area contributed by atoms with Gasteiger partial charge in [-0.25, -0.2) is 0 Å². The maximum Gasteiger partial charge on any atom is 0.307 e. The van der Waals surface area contributed by atoms with Gasteiger partial charge >= 0.3 is 5.69 Å². The van der Waals surface area contributed by atoms with E-state index >= 15 is 0 Å². The van der Waals surface area contributed by atoms with Crippen LogP contribution in [-0.2, 0) is 17.8 Å². The van der Waals surface area contributed by atoms with Crippen LogP contribution in [0.3, 0.4) is 0 Å². The highest BCUT2D eigenvalue weighted by atomic mass is 16.6. The number of nitro groups is 1. The molecule has 0 spiro atoms. The van der Waals surface area contributed by atoms with E-state index in [9.17, 15) is 14.9 Å². The molecule has 128 valence electrons. The van der Waals surface area contributed by atoms with Crippen molar-refractivity contribution < 1.29 is 14.5 Å². The number of nitrogens with one attached hydrogen (secondary N) is 1. The van der Waals surface area contributed by atoms with Crippen molar-refractivity contribution in [1.29, 1.82) is 0 Å². The molecule has 1 heterocycles. The Labute approximate surface area is 139 Å². The summed E-state index contributed by atoms with van der Waals surface area (Å²) in [5, 5.41) is 17.1. The third kappa shape index (κ3) is 5.38. The second-order valence-electron chi connectivity index (χ2n) is 5.56. The number of rotatable bonds is 8. The van der Waals surface area contributed by atoms with Crippen LogP contribution in [-0.4, -0.2) is 33.3 Å². The third-order valence-corrected chi connectivity index (χ3v) is 3.17. The second-order valence-corrected chi connectivity index (χ2v) is 5.56. The van der Waals surface area contributed by atoms with Gasteiger partial charge in [-0.3, -0.25) is 19.6 Å². The van der Waals surface area contributed by atoms with Gasteiger partial charge in [-0.05, 0) is 38.0 Å². The fourth-order valence-electron chi connectivity index (χ4n) is 2.09. The van der Waals surface area contributed by atoms with E-state index in [4.69, 9.17) is 4.74 Å². The zero-order valence-electron chi connectivity index (χ0n) is 13.6. The maximum atomic E-state index is 11.8. The molecule has 24 heavy (non-hydrogen) atoms. The second kappa shape index (κ2) is 8.09. The zero-order valence-corrected chi connectivity index (χ0v) is 13.6. The van der Waals surface area contributed by atoms with Gasteiger partial charge in [0.05, 0.1) is 11.0 Å².